The number of aryl methyl sites for hydroxylation is 1. The number of hydrogen-bond donors (Lipinski definition) is 1. The number of nitrogens with one attached hydrogen (secondary N) is 1. The average Bonchev–Trinajstić information content (AvgIpc) is 2.75. The first-order valence-electron chi connectivity index (χ1n) is 9.01. The lowest BCUT2D eigenvalue weighted by atomic mass is 10.2. The molecule has 3 aromatic rings. The van der Waals surface area contributed by atoms with Crippen LogP contribution in [0.15, 0.2) is 87.7 Å². The Balaban J connectivity index is 1.89. The number of sulfonamides is 1. The van der Waals surface area contributed by atoms with Crippen LogP contribution in [-0.2, 0) is 20.1 Å². The Kier molecular flexibility index (Phi) is 6.62. The fourth-order valence-corrected chi connectivity index (χ4v) is 4.34. The number of rotatable bonds is 8. The molecule has 162 valence electrons. The molecule has 31 heavy (non-hydrogen) atoms. The minimum Gasteiger partial charge on any atom is -0.493 e. The van der Waals surface area contributed by atoms with Gasteiger partial charge in [0.05, 0.1) is 18.2 Å². The lowest BCUT2D eigenvalue weighted by Gasteiger charge is -2.13. The van der Waals surface area contributed by atoms with E-state index in [1.807, 2.05) is 6.92 Å². The summed E-state index contributed by atoms with van der Waals surface area (Å²) in [6, 6.07) is 18.5. The Bertz CT molecular complexity index is 1290. The zero-order valence-electron chi connectivity index (χ0n) is 16.7. The van der Waals surface area contributed by atoms with Crippen molar-refractivity contribution in [2.24, 2.45) is 5.10 Å². The van der Waals surface area contributed by atoms with Crippen molar-refractivity contribution in [3.05, 3.63) is 83.9 Å². The molecular formula is C21H20N2O6S2. The molecule has 0 bridgehead atoms. The van der Waals surface area contributed by atoms with Gasteiger partial charge in [0, 0.05) is 5.56 Å². The van der Waals surface area contributed by atoms with Gasteiger partial charge in [0.2, 0.25) is 0 Å². The van der Waals surface area contributed by atoms with E-state index in [0.29, 0.717) is 0 Å². The molecule has 0 heterocycles. The molecule has 3 rings (SSSR count). The van der Waals surface area contributed by atoms with Crippen LogP contribution < -0.4 is 13.8 Å². The third-order valence-corrected chi connectivity index (χ3v) is 6.64. The highest BCUT2D eigenvalue weighted by Crippen LogP contribution is 2.32. The second kappa shape index (κ2) is 9.19. The molecule has 0 aromatic heterocycles. The van der Waals surface area contributed by atoms with E-state index in [1.54, 1.807) is 36.4 Å². The third kappa shape index (κ3) is 5.41. The minimum absolute atomic E-state index is 0.0381. The second-order valence-electron chi connectivity index (χ2n) is 6.40. The molecule has 0 saturated carbocycles. The molecule has 0 amide bonds. The predicted molar refractivity (Wildman–Crippen MR) is 116 cm³/mol. The molecule has 0 fully saturated rings. The van der Waals surface area contributed by atoms with Crippen molar-refractivity contribution < 1.29 is 25.8 Å². The number of para-hydroxylation sites is 1. The predicted octanol–water partition coefficient (Wildman–Crippen LogP) is 3.08. The Morgan fingerprint density at radius 1 is 0.839 bits per heavy atom. The first kappa shape index (κ1) is 22.3. The largest absolute Gasteiger partial charge is 0.493 e. The molecular weight excluding hydrogens is 440 g/mol. The normalized spacial score (nSPS) is 11.9. The lowest BCUT2D eigenvalue weighted by Crippen LogP contribution is -2.18. The topological polar surface area (TPSA) is 111 Å². The van der Waals surface area contributed by atoms with Crippen LogP contribution in [0.2, 0.25) is 0 Å². The number of hydrogen-bond acceptors (Lipinski definition) is 7. The number of ether oxygens (including phenoxy) is 1. The first-order valence-corrected chi connectivity index (χ1v) is 11.9. The molecule has 0 unspecified atom stereocenters. The molecule has 1 N–H and O–H groups in total. The van der Waals surface area contributed by atoms with E-state index in [2.05, 4.69) is 9.93 Å². The van der Waals surface area contributed by atoms with Crippen LogP contribution in [0.25, 0.3) is 0 Å². The fraction of sp³-hybridized carbons (Fsp3) is 0.0952. The summed E-state index contributed by atoms with van der Waals surface area (Å²) in [5.74, 6) is 0.0250. The summed E-state index contributed by atoms with van der Waals surface area (Å²) in [5.41, 5.74) is 1.12. The zero-order chi connectivity index (χ0) is 22.5. The van der Waals surface area contributed by atoms with Crippen LogP contribution >= 0.6 is 0 Å². The van der Waals surface area contributed by atoms with Crippen molar-refractivity contribution in [3.63, 3.8) is 0 Å². The second-order valence-corrected chi connectivity index (χ2v) is 9.60. The van der Waals surface area contributed by atoms with Crippen LogP contribution in [0.3, 0.4) is 0 Å². The number of hydrazone groups is 1. The summed E-state index contributed by atoms with van der Waals surface area (Å²) in [6.07, 6.45) is 1.14. The highest BCUT2D eigenvalue weighted by atomic mass is 32.2. The number of benzene rings is 3. The van der Waals surface area contributed by atoms with E-state index in [0.717, 1.165) is 11.8 Å². The monoisotopic (exact) mass is 460 g/mol. The zero-order valence-corrected chi connectivity index (χ0v) is 18.4. The summed E-state index contributed by atoms with van der Waals surface area (Å²) in [5, 5.41) is 3.76. The van der Waals surface area contributed by atoms with Gasteiger partial charge in [-0.1, -0.05) is 42.0 Å². The van der Waals surface area contributed by atoms with Crippen molar-refractivity contribution in [1.82, 2.24) is 4.83 Å². The Morgan fingerprint density at radius 3 is 2.16 bits per heavy atom. The molecule has 0 aliphatic carbocycles. The van der Waals surface area contributed by atoms with Crippen molar-refractivity contribution in [3.8, 4) is 11.5 Å². The molecule has 0 atom stereocenters. The SMILES string of the molecule is COc1cccc(/C=N\NS(=O)(=O)c2ccc(C)cc2)c1OS(=O)(=O)c1ccccc1. The number of methoxy groups -OCH3 is 1. The molecule has 0 radical (unpaired) electrons. The van der Waals surface area contributed by atoms with Crippen molar-refractivity contribution in [1.29, 1.82) is 0 Å². The van der Waals surface area contributed by atoms with Crippen LogP contribution in [0.5, 0.6) is 11.5 Å². The maximum atomic E-state index is 12.6. The van der Waals surface area contributed by atoms with Crippen molar-refractivity contribution in [2.45, 2.75) is 16.7 Å². The summed E-state index contributed by atoms with van der Waals surface area (Å²) in [7, 11) is -6.68. The number of nitrogens with zero attached hydrogens (tertiary/aromatic N) is 1. The van der Waals surface area contributed by atoms with E-state index >= 15 is 0 Å². The van der Waals surface area contributed by atoms with Gasteiger partial charge in [-0.05, 0) is 43.3 Å². The van der Waals surface area contributed by atoms with Gasteiger partial charge >= 0.3 is 10.1 Å². The van der Waals surface area contributed by atoms with Gasteiger partial charge in [-0.15, -0.1) is 0 Å². The maximum Gasteiger partial charge on any atom is 0.339 e. The van der Waals surface area contributed by atoms with Crippen LogP contribution in [0, 0.1) is 6.92 Å². The molecule has 0 spiro atoms. The Hall–Kier alpha value is -3.37. The van der Waals surface area contributed by atoms with Crippen LogP contribution in [0.4, 0.5) is 0 Å². The summed E-state index contributed by atoms with van der Waals surface area (Å²) < 4.78 is 60.5. The average molecular weight is 461 g/mol. The van der Waals surface area contributed by atoms with Crippen molar-refractivity contribution in [2.75, 3.05) is 7.11 Å². The van der Waals surface area contributed by atoms with E-state index in [4.69, 9.17) is 8.92 Å². The molecule has 3 aromatic carbocycles. The third-order valence-electron chi connectivity index (χ3n) is 4.16. The molecule has 0 aliphatic rings. The highest BCUT2D eigenvalue weighted by Gasteiger charge is 2.21. The van der Waals surface area contributed by atoms with E-state index in [1.165, 1.54) is 43.5 Å². The van der Waals surface area contributed by atoms with Gasteiger partial charge in [0.25, 0.3) is 10.0 Å². The molecule has 10 heteroatoms. The minimum atomic E-state index is -4.15. The Labute approximate surface area is 181 Å². The van der Waals surface area contributed by atoms with Crippen molar-refractivity contribution >= 4 is 26.4 Å². The van der Waals surface area contributed by atoms with Gasteiger partial charge in [-0.2, -0.15) is 21.9 Å². The Morgan fingerprint density at radius 2 is 1.52 bits per heavy atom. The summed E-state index contributed by atoms with van der Waals surface area (Å²) in [6.45, 7) is 1.84. The van der Waals surface area contributed by atoms with Gasteiger partial charge < -0.3 is 8.92 Å². The standard InChI is InChI=1S/C21H20N2O6S2/c1-16-11-13-18(14-12-16)30(24,25)23-22-15-17-7-6-10-20(28-2)21(17)29-31(26,27)19-8-4-3-5-9-19/h3-15,23H,1-2H3/b22-15-. The first-order chi connectivity index (χ1) is 14.7. The maximum absolute atomic E-state index is 12.6. The lowest BCUT2D eigenvalue weighted by molar-refractivity contribution is 0.390. The smallest absolute Gasteiger partial charge is 0.339 e. The van der Waals surface area contributed by atoms with Gasteiger partial charge in [-0.3, -0.25) is 0 Å². The van der Waals surface area contributed by atoms with Gasteiger partial charge in [-0.25, -0.2) is 4.83 Å². The van der Waals surface area contributed by atoms with E-state index in [9.17, 15) is 16.8 Å². The van der Waals surface area contributed by atoms with E-state index in [-0.39, 0.29) is 26.9 Å². The van der Waals surface area contributed by atoms with Gasteiger partial charge in [0.15, 0.2) is 11.5 Å². The highest BCUT2D eigenvalue weighted by molar-refractivity contribution is 7.89. The summed E-state index contributed by atoms with van der Waals surface area (Å²) in [4.78, 5) is 2.11. The molecule has 8 nitrogen and oxygen atoms in total. The van der Waals surface area contributed by atoms with Gasteiger partial charge in [0.1, 0.15) is 4.90 Å². The molecule has 0 aliphatic heterocycles. The summed E-state index contributed by atoms with van der Waals surface area (Å²) >= 11 is 0. The van der Waals surface area contributed by atoms with E-state index < -0.39 is 20.1 Å². The molecule has 0 saturated heterocycles. The van der Waals surface area contributed by atoms with Crippen LogP contribution in [-0.4, -0.2) is 30.2 Å². The van der Waals surface area contributed by atoms with Crippen LogP contribution in [0.1, 0.15) is 11.1 Å². The quantitative estimate of drug-likeness (QED) is 0.314. The fourth-order valence-electron chi connectivity index (χ4n) is 2.56.